The number of aromatic nitrogens is 2. The van der Waals surface area contributed by atoms with Crippen molar-refractivity contribution in [3.63, 3.8) is 0 Å². The van der Waals surface area contributed by atoms with E-state index in [1.165, 1.54) is 41.8 Å². The van der Waals surface area contributed by atoms with Crippen LogP contribution in [0.3, 0.4) is 0 Å². The summed E-state index contributed by atoms with van der Waals surface area (Å²) in [7, 11) is 0. The largest absolute Gasteiger partial charge is 0.480 e. The number of thiophene rings is 1. The monoisotopic (exact) mass is 454 g/mol. The third-order valence-electron chi connectivity index (χ3n) is 5.48. The number of nitrogens with one attached hydrogen (secondary N) is 1. The molecular formula is C20H18F4N4O2S. The summed E-state index contributed by atoms with van der Waals surface area (Å²) in [4.78, 5) is 22.0. The lowest BCUT2D eigenvalue weighted by Crippen LogP contribution is -2.64. The summed E-state index contributed by atoms with van der Waals surface area (Å²) >= 11 is 1.29. The van der Waals surface area contributed by atoms with Crippen LogP contribution in [0, 0.1) is 5.82 Å². The standard InChI is InChI=1S/C20H18F4N4O2S/c21-14-3-1-12(2-4-14)10-26-19(17(29)30)6-7-28(15(9-19)20(22,23)24)18-25-11-13-5-8-31-16(13)27-18/h1-5,8,11,15,26H,6-7,9-10H2,(H,29,30). The van der Waals surface area contributed by atoms with Gasteiger partial charge in [-0.05, 0) is 35.6 Å². The average Bonchev–Trinajstić information content (AvgIpc) is 3.20. The van der Waals surface area contributed by atoms with Gasteiger partial charge < -0.3 is 10.0 Å². The van der Waals surface area contributed by atoms with Crippen LogP contribution in [0.5, 0.6) is 0 Å². The van der Waals surface area contributed by atoms with Crippen molar-refractivity contribution in [3.05, 3.63) is 53.3 Å². The normalized spacial score (nSPS) is 22.1. The summed E-state index contributed by atoms with van der Waals surface area (Å²) in [5.41, 5.74) is -1.22. The van der Waals surface area contributed by atoms with Crippen LogP contribution < -0.4 is 10.2 Å². The summed E-state index contributed by atoms with van der Waals surface area (Å²) < 4.78 is 55.1. The first-order chi connectivity index (χ1) is 14.7. The van der Waals surface area contributed by atoms with Gasteiger partial charge in [-0.2, -0.15) is 13.2 Å². The summed E-state index contributed by atoms with van der Waals surface area (Å²) in [6.07, 6.45) is -4.01. The third-order valence-corrected chi connectivity index (χ3v) is 6.30. The van der Waals surface area contributed by atoms with Gasteiger partial charge in [-0.15, -0.1) is 11.3 Å². The van der Waals surface area contributed by atoms with Crippen molar-refractivity contribution < 1.29 is 27.5 Å². The second-order valence-electron chi connectivity index (χ2n) is 7.42. The Labute approximate surface area is 178 Å². The van der Waals surface area contributed by atoms with E-state index in [1.807, 2.05) is 0 Å². The number of nitrogens with zero attached hydrogens (tertiary/aromatic N) is 3. The molecular weight excluding hydrogens is 436 g/mol. The Morgan fingerprint density at radius 2 is 2.03 bits per heavy atom. The number of rotatable bonds is 5. The second-order valence-corrected chi connectivity index (χ2v) is 8.32. The molecule has 1 aliphatic heterocycles. The molecule has 3 aromatic rings. The highest BCUT2D eigenvalue weighted by Crippen LogP contribution is 2.39. The molecule has 1 saturated heterocycles. The molecule has 0 spiro atoms. The van der Waals surface area contributed by atoms with Crippen molar-refractivity contribution >= 4 is 33.5 Å². The number of halogens is 4. The Bertz CT molecular complexity index is 1090. The van der Waals surface area contributed by atoms with Crippen LogP contribution in [0.25, 0.3) is 10.2 Å². The molecule has 1 aromatic carbocycles. The number of alkyl halides is 3. The predicted molar refractivity (Wildman–Crippen MR) is 107 cm³/mol. The van der Waals surface area contributed by atoms with E-state index in [0.29, 0.717) is 10.4 Å². The van der Waals surface area contributed by atoms with Gasteiger partial charge in [0.2, 0.25) is 5.95 Å². The van der Waals surface area contributed by atoms with Crippen LogP contribution in [0.15, 0.2) is 41.9 Å². The number of aliphatic carboxylic acids is 1. The van der Waals surface area contributed by atoms with E-state index in [2.05, 4.69) is 15.3 Å². The van der Waals surface area contributed by atoms with Gasteiger partial charge in [-0.1, -0.05) is 12.1 Å². The topological polar surface area (TPSA) is 78.4 Å². The molecule has 1 aliphatic rings. The molecule has 164 valence electrons. The van der Waals surface area contributed by atoms with Gasteiger partial charge in [0.15, 0.2) is 0 Å². The Morgan fingerprint density at radius 1 is 1.29 bits per heavy atom. The number of hydrogen-bond acceptors (Lipinski definition) is 6. The van der Waals surface area contributed by atoms with Crippen LogP contribution in [-0.4, -0.2) is 45.3 Å². The number of piperidine rings is 1. The molecule has 2 unspecified atom stereocenters. The van der Waals surface area contributed by atoms with Crippen molar-refractivity contribution in [3.8, 4) is 0 Å². The summed E-state index contributed by atoms with van der Waals surface area (Å²) in [6, 6.07) is 5.04. The molecule has 0 saturated carbocycles. The maximum atomic E-state index is 14.0. The van der Waals surface area contributed by atoms with E-state index >= 15 is 0 Å². The number of carboxylic acids is 1. The minimum atomic E-state index is -4.69. The van der Waals surface area contributed by atoms with Crippen molar-refractivity contribution in [1.29, 1.82) is 0 Å². The zero-order valence-electron chi connectivity index (χ0n) is 16.1. The summed E-state index contributed by atoms with van der Waals surface area (Å²) in [5.74, 6) is -1.89. The number of anilines is 1. The number of carbonyl (C=O) groups is 1. The van der Waals surface area contributed by atoms with Crippen LogP contribution in [0.4, 0.5) is 23.5 Å². The van der Waals surface area contributed by atoms with E-state index in [4.69, 9.17) is 0 Å². The van der Waals surface area contributed by atoms with Gasteiger partial charge in [0.25, 0.3) is 0 Å². The van der Waals surface area contributed by atoms with Crippen LogP contribution in [-0.2, 0) is 11.3 Å². The van der Waals surface area contributed by atoms with Gasteiger partial charge in [0.05, 0.1) is 0 Å². The molecule has 4 rings (SSSR count). The number of carboxylic acid groups (broad SMARTS) is 1. The van der Waals surface area contributed by atoms with E-state index in [0.717, 1.165) is 10.3 Å². The molecule has 0 bridgehead atoms. The lowest BCUT2D eigenvalue weighted by Gasteiger charge is -2.45. The molecule has 0 radical (unpaired) electrons. The number of benzene rings is 1. The molecule has 6 nitrogen and oxygen atoms in total. The highest BCUT2D eigenvalue weighted by Gasteiger charge is 2.55. The fourth-order valence-electron chi connectivity index (χ4n) is 3.73. The zero-order chi connectivity index (χ0) is 22.2. The third kappa shape index (κ3) is 4.33. The van der Waals surface area contributed by atoms with Gasteiger partial charge in [-0.25, -0.2) is 14.4 Å². The summed E-state index contributed by atoms with van der Waals surface area (Å²) in [6.45, 7) is -0.196. The first-order valence-corrected chi connectivity index (χ1v) is 10.3. The molecule has 0 aliphatic carbocycles. The molecule has 0 amide bonds. The average molecular weight is 454 g/mol. The van der Waals surface area contributed by atoms with Crippen LogP contribution >= 0.6 is 11.3 Å². The van der Waals surface area contributed by atoms with Crippen molar-refractivity contribution in [2.45, 2.75) is 37.1 Å². The Balaban J connectivity index is 1.61. The highest BCUT2D eigenvalue weighted by molar-refractivity contribution is 7.16. The fourth-order valence-corrected chi connectivity index (χ4v) is 4.47. The Kier molecular flexibility index (Phi) is 5.56. The smallest absolute Gasteiger partial charge is 0.408 e. The molecule has 2 N–H and O–H groups in total. The summed E-state index contributed by atoms with van der Waals surface area (Å²) in [5, 5.41) is 15.1. The van der Waals surface area contributed by atoms with E-state index in [1.54, 1.807) is 11.4 Å². The van der Waals surface area contributed by atoms with Crippen LogP contribution in [0.2, 0.25) is 0 Å². The van der Waals surface area contributed by atoms with E-state index < -0.39 is 36.0 Å². The van der Waals surface area contributed by atoms with Crippen molar-refractivity contribution in [1.82, 2.24) is 15.3 Å². The van der Waals surface area contributed by atoms with Gasteiger partial charge in [-0.3, -0.25) is 10.1 Å². The lowest BCUT2D eigenvalue weighted by atomic mass is 9.82. The highest BCUT2D eigenvalue weighted by atomic mass is 32.1. The van der Waals surface area contributed by atoms with Gasteiger partial charge in [0.1, 0.15) is 22.2 Å². The first-order valence-electron chi connectivity index (χ1n) is 9.44. The quantitative estimate of drug-likeness (QED) is 0.568. The SMILES string of the molecule is O=C(O)C1(NCc2ccc(F)cc2)CCN(c2ncc3ccsc3n2)C(C(F)(F)F)C1. The molecule has 3 heterocycles. The molecule has 31 heavy (non-hydrogen) atoms. The molecule has 11 heteroatoms. The zero-order valence-corrected chi connectivity index (χ0v) is 16.9. The minimum absolute atomic E-state index is 0.00515. The first kappa shape index (κ1) is 21.4. The molecule has 1 fully saturated rings. The minimum Gasteiger partial charge on any atom is -0.480 e. The lowest BCUT2D eigenvalue weighted by molar-refractivity contribution is -0.166. The van der Waals surface area contributed by atoms with Gasteiger partial charge in [0, 0.05) is 31.1 Å². The second kappa shape index (κ2) is 8.04. The van der Waals surface area contributed by atoms with E-state index in [-0.39, 0.29) is 25.5 Å². The van der Waals surface area contributed by atoms with E-state index in [9.17, 15) is 27.5 Å². The van der Waals surface area contributed by atoms with Crippen molar-refractivity contribution in [2.24, 2.45) is 0 Å². The fraction of sp³-hybridized carbons (Fsp3) is 0.350. The van der Waals surface area contributed by atoms with Crippen molar-refractivity contribution in [2.75, 3.05) is 11.4 Å². The molecule has 2 atom stereocenters. The Hall–Kier alpha value is -2.79. The number of hydrogen-bond donors (Lipinski definition) is 2. The Morgan fingerprint density at radius 3 is 2.71 bits per heavy atom. The maximum Gasteiger partial charge on any atom is 0.408 e. The number of fused-ring (bicyclic) bond motifs is 1. The maximum absolute atomic E-state index is 14.0. The predicted octanol–water partition coefficient (Wildman–Crippen LogP) is 3.97. The molecule has 2 aromatic heterocycles. The van der Waals surface area contributed by atoms with Gasteiger partial charge >= 0.3 is 12.1 Å². The van der Waals surface area contributed by atoms with Crippen LogP contribution in [0.1, 0.15) is 18.4 Å².